The summed E-state index contributed by atoms with van der Waals surface area (Å²) < 4.78 is 21.0. The van der Waals surface area contributed by atoms with E-state index in [0.717, 1.165) is 12.5 Å². The fraction of sp³-hybridized carbons (Fsp3) is 0.235. The summed E-state index contributed by atoms with van der Waals surface area (Å²) in [6.07, 6.45) is 4.12. The molecule has 0 saturated carbocycles. The van der Waals surface area contributed by atoms with Gasteiger partial charge in [0.05, 0.1) is 24.4 Å². The van der Waals surface area contributed by atoms with Crippen LogP contribution in [0.25, 0.3) is 6.08 Å². The topological polar surface area (TPSA) is 101 Å². The molecule has 0 N–H and O–H groups in total. The highest BCUT2D eigenvalue weighted by Gasteiger charge is 2.23. The summed E-state index contributed by atoms with van der Waals surface area (Å²) >= 11 is 0. The number of carbonyl (C=O) groups is 1. The van der Waals surface area contributed by atoms with Crippen LogP contribution in [-0.2, 0) is 14.3 Å². The number of ether oxygens (including phenoxy) is 3. The number of benzene rings is 1. The quantitative estimate of drug-likeness (QED) is 0.269. The Labute approximate surface area is 142 Å². The summed E-state index contributed by atoms with van der Waals surface area (Å²) in [5.74, 6) is -0.440. The molecule has 0 aliphatic carbocycles. The highest BCUT2D eigenvalue weighted by Crippen LogP contribution is 2.32. The highest BCUT2D eigenvalue weighted by molar-refractivity contribution is 5.88. The molecule has 3 rings (SSSR count). The SMILES string of the molecule is O=C(/C=C/c1ccco1)Oc1ccc(C2OCCCO2)cc1[N+](=O)[O-]. The number of rotatable bonds is 5. The van der Waals surface area contributed by atoms with Gasteiger partial charge in [0, 0.05) is 17.7 Å². The first-order valence-corrected chi connectivity index (χ1v) is 7.58. The molecule has 0 atom stereocenters. The average Bonchev–Trinajstić information content (AvgIpc) is 3.14. The molecular formula is C17H15NO7. The second-order valence-corrected chi connectivity index (χ2v) is 5.18. The Bertz CT molecular complexity index is 776. The zero-order valence-electron chi connectivity index (χ0n) is 13.1. The predicted molar refractivity (Wildman–Crippen MR) is 85.7 cm³/mol. The summed E-state index contributed by atoms with van der Waals surface area (Å²) in [7, 11) is 0. The summed E-state index contributed by atoms with van der Waals surface area (Å²) in [6, 6.07) is 7.54. The van der Waals surface area contributed by atoms with Crippen LogP contribution in [0.5, 0.6) is 5.75 Å². The highest BCUT2D eigenvalue weighted by atomic mass is 16.7. The Hall–Kier alpha value is -2.97. The smallest absolute Gasteiger partial charge is 0.336 e. The lowest BCUT2D eigenvalue weighted by molar-refractivity contribution is -0.385. The standard InChI is InChI=1S/C17H15NO7/c19-16(7-5-13-3-1-8-22-13)25-15-6-4-12(11-14(15)18(20)21)17-23-9-2-10-24-17/h1,3-8,11,17H,2,9-10H2/b7-5+. The Morgan fingerprint density at radius 1 is 1.28 bits per heavy atom. The van der Waals surface area contributed by atoms with Crippen molar-refractivity contribution in [3.63, 3.8) is 0 Å². The minimum Gasteiger partial charge on any atom is -0.465 e. The minimum atomic E-state index is -0.752. The molecule has 1 aromatic carbocycles. The van der Waals surface area contributed by atoms with Crippen molar-refractivity contribution in [3.8, 4) is 5.75 Å². The molecule has 1 aromatic heterocycles. The fourth-order valence-electron chi connectivity index (χ4n) is 2.27. The van der Waals surface area contributed by atoms with E-state index >= 15 is 0 Å². The molecule has 1 fully saturated rings. The van der Waals surface area contributed by atoms with Gasteiger partial charge in [-0.05, 0) is 36.8 Å². The maximum absolute atomic E-state index is 11.8. The van der Waals surface area contributed by atoms with Gasteiger partial charge < -0.3 is 18.6 Å². The van der Waals surface area contributed by atoms with Crippen molar-refractivity contribution in [1.29, 1.82) is 0 Å². The van der Waals surface area contributed by atoms with E-state index in [-0.39, 0.29) is 11.4 Å². The van der Waals surface area contributed by atoms with Crippen LogP contribution >= 0.6 is 0 Å². The third kappa shape index (κ3) is 4.31. The molecule has 2 aromatic rings. The van der Waals surface area contributed by atoms with Crippen LogP contribution in [0.2, 0.25) is 0 Å². The van der Waals surface area contributed by atoms with Crippen molar-refractivity contribution in [2.45, 2.75) is 12.7 Å². The number of hydrogen-bond acceptors (Lipinski definition) is 7. The Morgan fingerprint density at radius 2 is 2.08 bits per heavy atom. The van der Waals surface area contributed by atoms with Crippen LogP contribution in [0.1, 0.15) is 24.0 Å². The second kappa shape index (κ2) is 7.73. The zero-order chi connectivity index (χ0) is 17.6. The minimum absolute atomic E-state index is 0.154. The number of furan rings is 1. The third-order valence-corrected chi connectivity index (χ3v) is 3.42. The number of hydrogen-bond donors (Lipinski definition) is 0. The van der Waals surface area contributed by atoms with Crippen LogP contribution in [0.15, 0.2) is 47.1 Å². The molecular weight excluding hydrogens is 330 g/mol. The van der Waals surface area contributed by atoms with E-state index in [1.165, 1.54) is 24.5 Å². The lowest BCUT2D eigenvalue weighted by Gasteiger charge is -2.23. The van der Waals surface area contributed by atoms with Crippen LogP contribution in [0.4, 0.5) is 5.69 Å². The molecule has 0 bridgehead atoms. The van der Waals surface area contributed by atoms with Crippen molar-refractivity contribution in [3.05, 3.63) is 64.1 Å². The lowest BCUT2D eigenvalue weighted by Crippen LogP contribution is -2.18. The molecule has 0 radical (unpaired) electrons. The molecule has 1 aliphatic heterocycles. The van der Waals surface area contributed by atoms with E-state index < -0.39 is 17.2 Å². The molecule has 1 aliphatic rings. The number of nitro groups is 1. The van der Waals surface area contributed by atoms with Crippen molar-refractivity contribution in [2.24, 2.45) is 0 Å². The normalized spacial score (nSPS) is 15.4. The number of nitro benzene ring substituents is 1. The Morgan fingerprint density at radius 3 is 2.76 bits per heavy atom. The van der Waals surface area contributed by atoms with Gasteiger partial charge >= 0.3 is 11.7 Å². The van der Waals surface area contributed by atoms with Gasteiger partial charge in [0.1, 0.15) is 5.76 Å². The van der Waals surface area contributed by atoms with Gasteiger partial charge in [0.2, 0.25) is 5.75 Å². The Kier molecular flexibility index (Phi) is 5.22. The van der Waals surface area contributed by atoms with E-state index in [0.29, 0.717) is 24.5 Å². The first-order chi connectivity index (χ1) is 12.1. The van der Waals surface area contributed by atoms with Gasteiger partial charge in [0.25, 0.3) is 0 Å². The van der Waals surface area contributed by atoms with Gasteiger partial charge in [-0.2, -0.15) is 0 Å². The van der Waals surface area contributed by atoms with Gasteiger partial charge in [-0.25, -0.2) is 4.79 Å². The van der Waals surface area contributed by atoms with Crippen molar-refractivity contribution in [2.75, 3.05) is 13.2 Å². The first kappa shape index (κ1) is 16.9. The summed E-state index contributed by atoms with van der Waals surface area (Å²) in [6.45, 7) is 1.04. The molecule has 0 unspecified atom stereocenters. The number of nitrogens with zero attached hydrogens (tertiary/aromatic N) is 1. The van der Waals surface area contributed by atoms with Gasteiger partial charge in [-0.15, -0.1) is 0 Å². The fourth-order valence-corrected chi connectivity index (χ4v) is 2.27. The third-order valence-electron chi connectivity index (χ3n) is 3.42. The molecule has 0 spiro atoms. The van der Waals surface area contributed by atoms with Gasteiger partial charge in [0.15, 0.2) is 6.29 Å². The van der Waals surface area contributed by atoms with E-state index in [9.17, 15) is 14.9 Å². The predicted octanol–water partition coefficient (Wildman–Crippen LogP) is 3.24. The van der Waals surface area contributed by atoms with Crippen molar-refractivity contribution in [1.82, 2.24) is 0 Å². The van der Waals surface area contributed by atoms with Crippen molar-refractivity contribution < 1.29 is 28.3 Å². The van der Waals surface area contributed by atoms with Gasteiger partial charge in [-0.3, -0.25) is 10.1 Å². The molecule has 25 heavy (non-hydrogen) atoms. The van der Waals surface area contributed by atoms with Crippen LogP contribution in [-0.4, -0.2) is 24.1 Å². The molecule has 8 heteroatoms. The van der Waals surface area contributed by atoms with Crippen molar-refractivity contribution >= 4 is 17.7 Å². The number of carbonyl (C=O) groups excluding carboxylic acids is 1. The summed E-state index contributed by atoms with van der Waals surface area (Å²) in [4.78, 5) is 22.5. The Balaban J connectivity index is 1.76. The number of esters is 1. The van der Waals surface area contributed by atoms with Crippen LogP contribution < -0.4 is 4.74 Å². The second-order valence-electron chi connectivity index (χ2n) is 5.18. The zero-order valence-corrected chi connectivity index (χ0v) is 13.1. The summed E-state index contributed by atoms with van der Waals surface area (Å²) in [5.41, 5.74) is 0.160. The van der Waals surface area contributed by atoms with E-state index in [4.69, 9.17) is 18.6 Å². The summed E-state index contributed by atoms with van der Waals surface area (Å²) in [5, 5.41) is 11.3. The molecule has 130 valence electrons. The first-order valence-electron chi connectivity index (χ1n) is 7.58. The largest absolute Gasteiger partial charge is 0.465 e. The molecule has 1 saturated heterocycles. The van der Waals surface area contributed by atoms with Crippen LogP contribution in [0.3, 0.4) is 0 Å². The monoisotopic (exact) mass is 345 g/mol. The molecule has 2 heterocycles. The molecule has 8 nitrogen and oxygen atoms in total. The van der Waals surface area contributed by atoms with E-state index in [2.05, 4.69) is 0 Å². The lowest BCUT2D eigenvalue weighted by atomic mass is 10.1. The van der Waals surface area contributed by atoms with E-state index in [1.54, 1.807) is 18.2 Å². The average molecular weight is 345 g/mol. The maximum Gasteiger partial charge on any atom is 0.336 e. The van der Waals surface area contributed by atoms with Gasteiger partial charge in [-0.1, -0.05) is 0 Å². The van der Waals surface area contributed by atoms with Crippen LogP contribution in [0, 0.1) is 10.1 Å². The molecule has 0 amide bonds. The maximum atomic E-state index is 11.8. The van der Waals surface area contributed by atoms with E-state index in [1.807, 2.05) is 0 Å².